The van der Waals surface area contributed by atoms with Gasteiger partial charge in [-0.3, -0.25) is 0 Å². The van der Waals surface area contributed by atoms with Crippen LogP contribution in [0, 0.1) is 0 Å². The average Bonchev–Trinajstić information content (AvgIpc) is 2.48. The number of ether oxygens (including phenoxy) is 1. The van der Waals surface area contributed by atoms with Gasteiger partial charge in [-0.2, -0.15) is 0 Å². The molecule has 2 aromatic carbocycles. The standard InChI is InChI=1S/C18H20O2/c1-4-14-10-12-15(13-11-14)17(19)20-18(2,3)16-8-6-5-7-9-16/h5-13H,4H2,1-3H3. The largest absolute Gasteiger partial charge is 0.451 e. The van der Waals surface area contributed by atoms with Crippen molar-refractivity contribution in [3.63, 3.8) is 0 Å². The highest BCUT2D eigenvalue weighted by Gasteiger charge is 2.25. The van der Waals surface area contributed by atoms with Crippen molar-refractivity contribution in [2.45, 2.75) is 32.8 Å². The predicted molar refractivity (Wildman–Crippen MR) is 80.7 cm³/mol. The molecule has 2 rings (SSSR count). The molecule has 0 aromatic heterocycles. The van der Waals surface area contributed by atoms with Gasteiger partial charge in [0.2, 0.25) is 0 Å². The van der Waals surface area contributed by atoms with Crippen molar-refractivity contribution >= 4 is 5.97 Å². The Morgan fingerprint density at radius 3 is 2.15 bits per heavy atom. The first-order valence-electron chi connectivity index (χ1n) is 6.91. The van der Waals surface area contributed by atoms with Crippen molar-refractivity contribution < 1.29 is 9.53 Å². The topological polar surface area (TPSA) is 26.3 Å². The Morgan fingerprint density at radius 2 is 1.60 bits per heavy atom. The van der Waals surface area contributed by atoms with E-state index in [1.807, 2.05) is 68.4 Å². The third kappa shape index (κ3) is 3.27. The van der Waals surface area contributed by atoms with E-state index in [1.54, 1.807) is 0 Å². The van der Waals surface area contributed by atoms with E-state index in [0.29, 0.717) is 5.56 Å². The average molecular weight is 268 g/mol. The van der Waals surface area contributed by atoms with Crippen molar-refractivity contribution in [2.24, 2.45) is 0 Å². The van der Waals surface area contributed by atoms with Crippen LogP contribution >= 0.6 is 0 Å². The van der Waals surface area contributed by atoms with Gasteiger partial charge in [-0.15, -0.1) is 0 Å². The highest BCUT2D eigenvalue weighted by atomic mass is 16.6. The number of hydrogen-bond acceptors (Lipinski definition) is 2. The second kappa shape index (κ2) is 5.91. The van der Waals surface area contributed by atoms with Crippen LogP contribution in [0.25, 0.3) is 0 Å². The van der Waals surface area contributed by atoms with Crippen LogP contribution in [-0.2, 0) is 16.8 Å². The van der Waals surface area contributed by atoms with E-state index in [-0.39, 0.29) is 5.97 Å². The number of carbonyl (C=O) groups is 1. The molecule has 20 heavy (non-hydrogen) atoms. The van der Waals surface area contributed by atoms with Crippen LogP contribution in [0.2, 0.25) is 0 Å². The fourth-order valence-electron chi connectivity index (χ4n) is 2.07. The van der Waals surface area contributed by atoms with Crippen molar-refractivity contribution in [1.82, 2.24) is 0 Å². The molecule has 2 nitrogen and oxygen atoms in total. The van der Waals surface area contributed by atoms with Crippen LogP contribution in [0.1, 0.15) is 42.3 Å². The molecule has 2 aromatic rings. The van der Waals surface area contributed by atoms with Crippen molar-refractivity contribution in [2.75, 3.05) is 0 Å². The maximum atomic E-state index is 12.2. The third-order valence-corrected chi connectivity index (χ3v) is 3.41. The van der Waals surface area contributed by atoms with Crippen LogP contribution in [0.5, 0.6) is 0 Å². The molecule has 0 aliphatic carbocycles. The van der Waals surface area contributed by atoms with Crippen LogP contribution in [-0.4, -0.2) is 5.97 Å². The molecular weight excluding hydrogens is 248 g/mol. The molecule has 0 atom stereocenters. The fourth-order valence-corrected chi connectivity index (χ4v) is 2.07. The summed E-state index contributed by atoms with van der Waals surface area (Å²) in [6.07, 6.45) is 0.963. The molecule has 0 saturated carbocycles. The first-order chi connectivity index (χ1) is 9.53. The van der Waals surface area contributed by atoms with Gasteiger partial charge < -0.3 is 4.74 Å². The van der Waals surface area contributed by atoms with E-state index in [2.05, 4.69) is 6.92 Å². The number of rotatable bonds is 4. The number of esters is 1. The molecule has 0 fully saturated rings. The smallest absolute Gasteiger partial charge is 0.338 e. The number of benzene rings is 2. The molecule has 0 saturated heterocycles. The van der Waals surface area contributed by atoms with E-state index in [0.717, 1.165) is 12.0 Å². The van der Waals surface area contributed by atoms with Gasteiger partial charge >= 0.3 is 5.97 Å². The summed E-state index contributed by atoms with van der Waals surface area (Å²) in [5, 5.41) is 0. The molecule has 0 N–H and O–H groups in total. The summed E-state index contributed by atoms with van der Waals surface area (Å²) in [5.41, 5.74) is 2.15. The summed E-state index contributed by atoms with van der Waals surface area (Å²) in [6, 6.07) is 17.3. The molecule has 0 spiro atoms. The lowest BCUT2D eigenvalue weighted by molar-refractivity contribution is -0.00312. The van der Waals surface area contributed by atoms with Gasteiger partial charge in [0, 0.05) is 0 Å². The summed E-state index contributed by atoms with van der Waals surface area (Å²) in [7, 11) is 0. The molecule has 0 unspecified atom stereocenters. The summed E-state index contributed by atoms with van der Waals surface area (Å²) in [4.78, 5) is 12.2. The highest BCUT2D eigenvalue weighted by Crippen LogP contribution is 2.25. The third-order valence-electron chi connectivity index (χ3n) is 3.41. The normalized spacial score (nSPS) is 11.2. The fraction of sp³-hybridized carbons (Fsp3) is 0.278. The lowest BCUT2D eigenvalue weighted by atomic mass is 9.98. The zero-order chi connectivity index (χ0) is 14.6. The summed E-state index contributed by atoms with van der Waals surface area (Å²) >= 11 is 0. The lowest BCUT2D eigenvalue weighted by Gasteiger charge is -2.25. The lowest BCUT2D eigenvalue weighted by Crippen LogP contribution is -2.25. The minimum Gasteiger partial charge on any atom is -0.451 e. The number of carbonyl (C=O) groups excluding carboxylic acids is 1. The minimum atomic E-state index is -0.637. The zero-order valence-electron chi connectivity index (χ0n) is 12.2. The Hall–Kier alpha value is -2.09. The Balaban J connectivity index is 2.14. The minimum absolute atomic E-state index is 0.290. The Morgan fingerprint density at radius 1 is 1.00 bits per heavy atom. The van der Waals surface area contributed by atoms with Gasteiger partial charge in [-0.1, -0.05) is 49.4 Å². The Bertz CT molecular complexity index is 568. The van der Waals surface area contributed by atoms with Crippen LogP contribution < -0.4 is 0 Å². The van der Waals surface area contributed by atoms with E-state index < -0.39 is 5.60 Å². The monoisotopic (exact) mass is 268 g/mol. The van der Waals surface area contributed by atoms with Gasteiger partial charge in [0.05, 0.1) is 5.56 Å². The molecule has 0 heterocycles. The van der Waals surface area contributed by atoms with Gasteiger partial charge in [-0.25, -0.2) is 4.79 Å². The molecular formula is C18H20O2. The SMILES string of the molecule is CCc1ccc(C(=O)OC(C)(C)c2ccccc2)cc1. The molecule has 0 aliphatic rings. The second-order valence-electron chi connectivity index (χ2n) is 5.32. The molecule has 2 heteroatoms. The summed E-state index contributed by atoms with van der Waals surface area (Å²) in [5.74, 6) is -0.290. The first-order valence-corrected chi connectivity index (χ1v) is 6.91. The molecule has 0 amide bonds. The summed E-state index contributed by atoms with van der Waals surface area (Å²) in [6.45, 7) is 5.90. The van der Waals surface area contributed by atoms with E-state index in [4.69, 9.17) is 4.74 Å². The zero-order valence-corrected chi connectivity index (χ0v) is 12.2. The van der Waals surface area contributed by atoms with E-state index >= 15 is 0 Å². The van der Waals surface area contributed by atoms with Crippen LogP contribution in [0.15, 0.2) is 54.6 Å². The van der Waals surface area contributed by atoms with E-state index in [9.17, 15) is 4.79 Å². The molecule has 0 bridgehead atoms. The maximum Gasteiger partial charge on any atom is 0.338 e. The van der Waals surface area contributed by atoms with E-state index in [1.165, 1.54) is 5.56 Å². The second-order valence-corrected chi connectivity index (χ2v) is 5.32. The number of aryl methyl sites for hydroxylation is 1. The number of hydrogen-bond donors (Lipinski definition) is 0. The van der Waals surface area contributed by atoms with Crippen LogP contribution in [0.4, 0.5) is 0 Å². The Labute approximate surface area is 120 Å². The summed E-state index contributed by atoms with van der Waals surface area (Å²) < 4.78 is 5.64. The van der Waals surface area contributed by atoms with Crippen molar-refractivity contribution in [1.29, 1.82) is 0 Å². The van der Waals surface area contributed by atoms with Crippen LogP contribution in [0.3, 0.4) is 0 Å². The highest BCUT2D eigenvalue weighted by molar-refractivity contribution is 5.89. The molecule has 0 radical (unpaired) electrons. The van der Waals surface area contributed by atoms with Gasteiger partial charge in [0.1, 0.15) is 5.60 Å². The molecule has 104 valence electrons. The first kappa shape index (κ1) is 14.3. The maximum absolute atomic E-state index is 12.2. The van der Waals surface area contributed by atoms with Crippen molar-refractivity contribution in [3.8, 4) is 0 Å². The van der Waals surface area contributed by atoms with Gasteiger partial charge in [-0.05, 0) is 43.5 Å². The predicted octanol–water partition coefficient (Wildman–Crippen LogP) is 4.34. The molecule has 0 aliphatic heterocycles. The quantitative estimate of drug-likeness (QED) is 0.771. The Kier molecular flexibility index (Phi) is 4.23. The van der Waals surface area contributed by atoms with Gasteiger partial charge in [0.15, 0.2) is 0 Å². The van der Waals surface area contributed by atoms with Crippen molar-refractivity contribution in [3.05, 3.63) is 71.3 Å². The van der Waals surface area contributed by atoms with Gasteiger partial charge in [0.25, 0.3) is 0 Å².